The molecule has 0 heterocycles. The first-order valence-corrected chi connectivity index (χ1v) is 20.6. The smallest absolute Gasteiger partial charge is 0.0614 e. The summed E-state index contributed by atoms with van der Waals surface area (Å²) in [6, 6.07) is 0. The lowest BCUT2D eigenvalue weighted by Crippen LogP contribution is -2.45. The molecule has 0 spiro atoms. The first-order valence-electron chi connectivity index (χ1n) is 20.6. The fourth-order valence-electron chi connectivity index (χ4n) is 7.09. The molecule has 1 unspecified atom stereocenters. The Kier molecular flexibility index (Phi) is 36.3. The molecule has 0 bridgehead atoms. The Morgan fingerprint density at radius 2 is 0.512 bits per heavy atom. The molecular formula is C41H86N2. The third kappa shape index (κ3) is 31.7. The lowest BCUT2D eigenvalue weighted by atomic mass is 10.0. The molecule has 0 aromatic carbocycles. The molecule has 0 saturated heterocycles. The van der Waals surface area contributed by atoms with Crippen molar-refractivity contribution in [2.45, 2.75) is 239 Å². The highest BCUT2D eigenvalue weighted by molar-refractivity contribution is 4.69. The van der Waals surface area contributed by atoms with E-state index >= 15 is 0 Å². The van der Waals surface area contributed by atoms with E-state index in [0.29, 0.717) is 6.17 Å². The van der Waals surface area contributed by atoms with Crippen LogP contribution in [0.15, 0.2) is 0 Å². The van der Waals surface area contributed by atoms with Crippen LogP contribution in [-0.2, 0) is 0 Å². The molecule has 0 fully saturated rings. The van der Waals surface area contributed by atoms with Gasteiger partial charge in [0.15, 0.2) is 0 Å². The monoisotopic (exact) mass is 607 g/mol. The SMILES string of the molecule is CCCCCCCCCCCCCCCCCCN(CCCCCCCCCCCCCCCCCC)C(CC)N(C)C. The van der Waals surface area contributed by atoms with Crippen LogP contribution in [0.25, 0.3) is 0 Å². The molecule has 0 aliphatic rings. The molecule has 0 rings (SSSR count). The van der Waals surface area contributed by atoms with Crippen LogP contribution in [0.2, 0.25) is 0 Å². The van der Waals surface area contributed by atoms with E-state index in [1.807, 2.05) is 0 Å². The van der Waals surface area contributed by atoms with Crippen molar-refractivity contribution in [3.8, 4) is 0 Å². The lowest BCUT2D eigenvalue weighted by Gasteiger charge is -2.35. The van der Waals surface area contributed by atoms with Gasteiger partial charge in [0, 0.05) is 0 Å². The third-order valence-corrected chi connectivity index (χ3v) is 9.98. The minimum Gasteiger partial charge on any atom is -0.294 e. The van der Waals surface area contributed by atoms with Gasteiger partial charge >= 0.3 is 0 Å². The van der Waals surface area contributed by atoms with Gasteiger partial charge in [0.2, 0.25) is 0 Å². The van der Waals surface area contributed by atoms with E-state index in [4.69, 9.17) is 0 Å². The van der Waals surface area contributed by atoms with Gasteiger partial charge in [-0.05, 0) is 46.4 Å². The van der Waals surface area contributed by atoms with Crippen LogP contribution < -0.4 is 0 Å². The summed E-state index contributed by atoms with van der Waals surface area (Å²) in [5.74, 6) is 0. The van der Waals surface area contributed by atoms with Crippen molar-refractivity contribution in [2.24, 2.45) is 0 Å². The molecule has 0 radical (unpaired) electrons. The van der Waals surface area contributed by atoms with Crippen LogP contribution in [0.4, 0.5) is 0 Å². The molecule has 1 atom stereocenters. The second-order valence-electron chi connectivity index (χ2n) is 14.5. The lowest BCUT2D eigenvalue weighted by molar-refractivity contribution is 0.0718. The summed E-state index contributed by atoms with van der Waals surface area (Å²) in [6.45, 7) is 9.59. The number of unbranched alkanes of at least 4 members (excludes halogenated alkanes) is 30. The Balaban J connectivity index is 3.69. The van der Waals surface area contributed by atoms with Crippen molar-refractivity contribution in [2.75, 3.05) is 27.2 Å². The fraction of sp³-hybridized carbons (Fsp3) is 1.00. The van der Waals surface area contributed by atoms with Crippen molar-refractivity contribution in [3.05, 3.63) is 0 Å². The van der Waals surface area contributed by atoms with Crippen molar-refractivity contribution >= 4 is 0 Å². The highest BCUT2D eigenvalue weighted by atomic mass is 15.3. The van der Waals surface area contributed by atoms with E-state index in [1.165, 1.54) is 225 Å². The molecule has 0 aromatic heterocycles. The summed E-state index contributed by atoms with van der Waals surface area (Å²) in [5, 5.41) is 0. The summed E-state index contributed by atoms with van der Waals surface area (Å²) in [4.78, 5) is 5.27. The maximum absolute atomic E-state index is 2.81. The van der Waals surface area contributed by atoms with E-state index in [-0.39, 0.29) is 0 Å². The zero-order chi connectivity index (χ0) is 31.5. The van der Waals surface area contributed by atoms with Crippen molar-refractivity contribution in [3.63, 3.8) is 0 Å². The Bertz CT molecular complexity index is 454. The normalized spacial score (nSPS) is 12.6. The summed E-state index contributed by atoms with van der Waals surface area (Å²) in [5.41, 5.74) is 0. The van der Waals surface area contributed by atoms with E-state index in [0.717, 1.165) is 0 Å². The van der Waals surface area contributed by atoms with Crippen LogP contribution in [0.1, 0.15) is 233 Å². The van der Waals surface area contributed by atoms with E-state index in [2.05, 4.69) is 44.7 Å². The predicted molar refractivity (Wildman–Crippen MR) is 198 cm³/mol. The van der Waals surface area contributed by atoms with Gasteiger partial charge in [-0.2, -0.15) is 0 Å². The van der Waals surface area contributed by atoms with Gasteiger partial charge in [-0.25, -0.2) is 0 Å². The summed E-state index contributed by atoms with van der Waals surface area (Å²) in [7, 11) is 4.56. The molecule has 0 aliphatic carbocycles. The molecule has 2 nitrogen and oxygen atoms in total. The van der Waals surface area contributed by atoms with E-state index in [9.17, 15) is 0 Å². The molecule has 0 aromatic rings. The minimum absolute atomic E-state index is 0.618. The Morgan fingerprint density at radius 1 is 0.302 bits per heavy atom. The predicted octanol–water partition coefficient (Wildman–Crippen LogP) is 14.1. The molecule has 0 saturated carbocycles. The maximum Gasteiger partial charge on any atom is 0.0614 e. The van der Waals surface area contributed by atoms with Crippen LogP contribution in [0, 0.1) is 0 Å². The summed E-state index contributed by atoms with van der Waals surface area (Å²) < 4.78 is 0. The second-order valence-corrected chi connectivity index (χ2v) is 14.5. The van der Waals surface area contributed by atoms with Crippen LogP contribution in [-0.4, -0.2) is 43.2 Å². The number of nitrogens with zero attached hydrogens (tertiary/aromatic N) is 2. The summed E-state index contributed by atoms with van der Waals surface area (Å²) >= 11 is 0. The first-order chi connectivity index (χ1) is 21.2. The topological polar surface area (TPSA) is 6.48 Å². The molecule has 0 N–H and O–H groups in total. The highest BCUT2D eigenvalue weighted by Crippen LogP contribution is 2.17. The average Bonchev–Trinajstić information content (AvgIpc) is 3.00. The second kappa shape index (κ2) is 36.4. The molecular weight excluding hydrogens is 520 g/mol. The molecule has 43 heavy (non-hydrogen) atoms. The maximum atomic E-state index is 2.81. The standard InChI is InChI=1S/C41H86N2/c1-6-9-11-13-15-17-19-21-23-25-27-29-31-33-35-37-39-43(41(8-3)42(4)5)40-38-36-34-32-30-28-26-24-22-20-18-16-14-12-10-7-2/h41H,6-40H2,1-5H3. The van der Waals surface area contributed by atoms with Gasteiger partial charge in [0.05, 0.1) is 6.17 Å². The van der Waals surface area contributed by atoms with Gasteiger partial charge in [-0.1, -0.05) is 213 Å². The van der Waals surface area contributed by atoms with Crippen molar-refractivity contribution < 1.29 is 0 Å². The molecule has 0 amide bonds. The van der Waals surface area contributed by atoms with Crippen LogP contribution >= 0.6 is 0 Å². The van der Waals surface area contributed by atoms with Crippen molar-refractivity contribution in [1.82, 2.24) is 9.80 Å². The number of hydrogen-bond donors (Lipinski definition) is 0. The average molecular weight is 607 g/mol. The first kappa shape index (κ1) is 42.9. The molecule has 2 heteroatoms. The van der Waals surface area contributed by atoms with Crippen LogP contribution in [0.3, 0.4) is 0 Å². The van der Waals surface area contributed by atoms with Crippen molar-refractivity contribution in [1.29, 1.82) is 0 Å². The Labute approximate surface area is 275 Å². The van der Waals surface area contributed by atoms with E-state index in [1.54, 1.807) is 0 Å². The van der Waals surface area contributed by atoms with Gasteiger partial charge in [-0.15, -0.1) is 0 Å². The molecule has 260 valence electrons. The fourth-order valence-corrected chi connectivity index (χ4v) is 7.09. The number of hydrogen-bond acceptors (Lipinski definition) is 2. The summed E-state index contributed by atoms with van der Waals surface area (Å²) in [6.07, 6.45) is 48.4. The largest absolute Gasteiger partial charge is 0.294 e. The van der Waals surface area contributed by atoms with Gasteiger partial charge < -0.3 is 0 Å². The highest BCUT2D eigenvalue weighted by Gasteiger charge is 2.17. The quantitative estimate of drug-likeness (QED) is 0.0512. The van der Waals surface area contributed by atoms with Crippen LogP contribution in [0.5, 0.6) is 0 Å². The number of rotatable bonds is 37. The zero-order valence-corrected chi connectivity index (χ0v) is 31.2. The van der Waals surface area contributed by atoms with Gasteiger partial charge in [0.1, 0.15) is 0 Å². The van der Waals surface area contributed by atoms with E-state index < -0.39 is 0 Å². The third-order valence-electron chi connectivity index (χ3n) is 9.98. The van der Waals surface area contributed by atoms with Gasteiger partial charge in [-0.3, -0.25) is 9.80 Å². The Hall–Kier alpha value is -0.0800. The van der Waals surface area contributed by atoms with Gasteiger partial charge in [0.25, 0.3) is 0 Å². The minimum atomic E-state index is 0.618. The Morgan fingerprint density at radius 3 is 0.698 bits per heavy atom. The molecule has 0 aliphatic heterocycles. The zero-order valence-electron chi connectivity index (χ0n) is 31.2.